The summed E-state index contributed by atoms with van der Waals surface area (Å²) in [6.45, 7) is 3.89. The number of rotatable bonds is 8. The van der Waals surface area contributed by atoms with Crippen LogP contribution < -0.4 is 5.32 Å². The first-order valence-corrected chi connectivity index (χ1v) is 7.09. The summed E-state index contributed by atoms with van der Waals surface area (Å²) < 4.78 is 5.36. The molecule has 0 spiro atoms. The fraction of sp³-hybridized carbons (Fsp3) is 0.846. The molecule has 3 N–H and O–H groups in total. The number of aliphatic hydroxyl groups is 1. The molecule has 7 nitrogen and oxygen atoms in total. The maximum Gasteiger partial charge on any atom is 0.326 e. The van der Waals surface area contributed by atoms with E-state index in [4.69, 9.17) is 9.84 Å². The van der Waals surface area contributed by atoms with Crippen LogP contribution in [0.2, 0.25) is 0 Å². The standard InChI is InChI=1S/C13H24N2O5/c1-2-3-6-20-7-4-5-14-13(19)15-9-10(16)8-11(15)12(17)18/h10-11,16H,2-9H2,1H3,(H,14,19)(H,17,18)/t10-,11-/m1/s1. The van der Waals surface area contributed by atoms with Gasteiger partial charge in [-0.05, 0) is 12.8 Å². The minimum atomic E-state index is -1.08. The van der Waals surface area contributed by atoms with E-state index in [9.17, 15) is 14.7 Å². The number of urea groups is 1. The monoisotopic (exact) mass is 288 g/mol. The van der Waals surface area contributed by atoms with Gasteiger partial charge in [0.1, 0.15) is 6.04 Å². The Hall–Kier alpha value is -1.34. The highest BCUT2D eigenvalue weighted by atomic mass is 16.5. The van der Waals surface area contributed by atoms with Crippen LogP contribution in [0.3, 0.4) is 0 Å². The maximum absolute atomic E-state index is 11.8. The van der Waals surface area contributed by atoms with E-state index in [1.54, 1.807) is 0 Å². The Kier molecular flexibility index (Phi) is 7.32. The maximum atomic E-state index is 11.8. The molecule has 1 heterocycles. The third-order valence-corrected chi connectivity index (χ3v) is 3.21. The number of nitrogens with zero attached hydrogens (tertiary/aromatic N) is 1. The molecule has 0 unspecified atom stereocenters. The summed E-state index contributed by atoms with van der Waals surface area (Å²) in [6, 6.07) is -1.38. The quantitative estimate of drug-likeness (QED) is 0.562. The molecule has 7 heteroatoms. The third kappa shape index (κ3) is 5.34. The number of carboxylic acids is 1. The van der Waals surface area contributed by atoms with E-state index in [2.05, 4.69) is 12.2 Å². The van der Waals surface area contributed by atoms with Gasteiger partial charge in [0.2, 0.25) is 0 Å². The smallest absolute Gasteiger partial charge is 0.326 e. The van der Waals surface area contributed by atoms with Crippen LogP contribution >= 0.6 is 0 Å². The largest absolute Gasteiger partial charge is 0.480 e. The number of carbonyl (C=O) groups excluding carboxylic acids is 1. The number of nitrogens with one attached hydrogen (secondary N) is 1. The molecule has 1 saturated heterocycles. The molecule has 116 valence electrons. The van der Waals surface area contributed by atoms with E-state index in [1.807, 2.05) is 0 Å². The normalized spacial score (nSPS) is 22.0. The lowest BCUT2D eigenvalue weighted by molar-refractivity contribution is -0.141. The van der Waals surface area contributed by atoms with E-state index in [0.29, 0.717) is 19.6 Å². The molecule has 1 fully saturated rings. The first kappa shape index (κ1) is 16.7. The zero-order chi connectivity index (χ0) is 15.0. The Labute approximate surface area is 118 Å². The van der Waals surface area contributed by atoms with Crippen LogP contribution in [0, 0.1) is 0 Å². The topological polar surface area (TPSA) is 99.1 Å². The molecule has 0 bridgehead atoms. The van der Waals surface area contributed by atoms with Gasteiger partial charge in [0.25, 0.3) is 0 Å². The van der Waals surface area contributed by atoms with Gasteiger partial charge in [-0.15, -0.1) is 0 Å². The third-order valence-electron chi connectivity index (χ3n) is 3.21. The van der Waals surface area contributed by atoms with Crippen molar-refractivity contribution in [2.24, 2.45) is 0 Å². The zero-order valence-corrected chi connectivity index (χ0v) is 11.9. The number of amides is 2. The highest BCUT2D eigenvalue weighted by Crippen LogP contribution is 2.17. The van der Waals surface area contributed by atoms with E-state index >= 15 is 0 Å². The molecule has 0 saturated carbocycles. The van der Waals surface area contributed by atoms with Crippen LogP contribution in [0.1, 0.15) is 32.6 Å². The highest BCUT2D eigenvalue weighted by Gasteiger charge is 2.38. The number of hydrogen-bond acceptors (Lipinski definition) is 4. The summed E-state index contributed by atoms with van der Waals surface area (Å²) in [5, 5.41) is 21.1. The Morgan fingerprint density at radius 1 is 1.35 bits per heavy atom. The van der Waals surface area contributed by atoms with Crippen molar-refractivity contribution in [3.05, 3.63) is 0 Å². The average Bonchev–Trinajstić information content (AvgIpc) is 2.80. The predicted octanol–water partition coefficient (Wildman–Crippen LogP) is 0.423. The number of hydrogen-bond donors (Lipinski definition) is 3. The van der Waals surface area contributed by atoms with Gasteiger partial charge in [0.05, 0.1) is 6.10 Å². The molecule has 0 aromatic carbocycles. The fourth-order valence-electron chi connectivity index (χ4n) is 2.09. The summed E-state index contributed by atoms with van der Waals surface area (Å²) >= 11 is 0. The van der Waals surface area contributed by atoms with Gasteiger partial charge in [-0.3, -0.25) is 0 Å². The Morgan fingerprint density at radius 3 is 2.70 bits per heavy atom. The van der Waals surface area contributed by atoms with Crippen molar-refractivity contribution in [2.45, 2.75) is 44.8 Å². The van der Waals surface area contributed by atoms with Crippen molar-refractivity contribution in [3.63, 3.8) is 0 Å². The van der Waals surface area contributed by atoms with Gasteiger partial charge < -0.3 is 25.2 Å². The van der Waals surface area contributed by atoms with Crippen molar-refractivity contribution in [2.75, 3.05) is 26.3 Å². The number of likely N-dealkylation sites (tertiary alicyclic amines) is 1. The second kappa shape index (κ2) is 8.76. The summed E-state index contributed by atoms with van der Waals surface area (Å²) in [6.07, 6.45) is 2.12. The minimum absolute atomic E-state index is 0.0653. The molecular weight excluding hydrogens is 264 g/mol. The number of ether oxygens (including phenoxy) is 1. The Balaban J connectivity index is 2.20. The first-order valence-electron chi connectivity index (χ1n) is 7.09. The van der Waals surface area contributed by atoms with Crippen molar-refractivity contribution >= 4 is 12.0 Å². The van der Waals surface area contributed by atoms with Gasteiger partial charge in [0.15, 0.2) is 0 Å². The van der Waals surface area contributed by atoms with Crippen LogP contribution in [0.15, 0.2) is 0 Å². The molecule has 20 heavy (non-hydrogen) atoms. The molecule has 0 aliphatic carbocycles. The predicted molar refractivity (Wildman–Crippen MR) is 72.5 cm³/mol. The van der Waals surface area contributed by atoms with E-state index < -0.39 is 24.1 Å². The van der Waals surface area contributed by atoms with E-state index in [-0.39, 0.29) is 13.0 Å². The lowest BCUT2D eigenvalue weighted by Gasteiger charge is -2.21. The van der Waals surface area contributed by atoms with Crippen LogP contribution in [0.25, 0.3) is 0 Å². The molecule has 2 amide bonds. The Morgan fingerprint density at radius 2 is 2.05 bits per heavy atom. The number of carboxylic acid groups (broad SMARTS) is 1. The van der Waals surface area contributed by atoms with Crippen LogP contribution in [0.5, 0.6) is 0 Å². The second-order valence-electron chi connectivity index (χ2n) is 4.95. The number of aliphatic carboxylic acids is 1. The van der Waals surface area contributed by atoms with Gasteiger partial charge in [0, 0.05) is 32.7 Å². The van der Waals surface area contributed by atoms with Gasteiger partial charge >= 0.3 is 12.0 Å². The molecule has 0 aromatic heterocycles. The SMILES string of the molecule is CCCCOCCCNC(=O)N1C[C@H](O)C[C@@H]1C(=O)O. The number of β-amino-alcohol motifs (C(OH)–C–C–N with tert-alkyl or cyclic N) is 1. The van der Waals surface area contributed by atoms with Gasteiger partial charge in [-0.25, -0.2) is 9.59 Å². The Bertz CT molecular complexity index is 324. The van der Waals surface area contributed by atoms with E-state index in [1.165, 1.54) is 4.90 Å². The fourth-order valence-corrected chi connectivity index (χ4v) is 2.09. The summed E-state index contributed by atoms with van der Waals surface area (Å²) in [7, 11) is 0. The van der Waals surface area contributed by atoms with Gasteiger partial charge in [-0.1, -0.05) is 13.3 Å². The lowest BCUT2D eigenvalue weighted by atomic mass is 10.2. The van der Waals surface area contributed by atoms with Crippen LogP contribution in [-0.2, 0) is 9.53 Å². The first-order chi connectivity index (χ1) is 9.56. The number of carbonyl (C=O) groups is 2. The van der Waals surface area contributed by atoms with Gasteiger partial charge in [-0.2, -0.15) is 0 Å². The van der Waals surface area contributed by atoms with E-state index in [0.717, 1.165) is 19.4 Å². The summed E-state index contributed by atoms with van der Waals surface area (Å²) in [5.41, 5.74) is 0. The summed E-state index contributed by atoms with van der Waals surface area (Å²) in [5.74, 6) is -1.08. The lowest BCUT2D eigenvalue weighted by Crippen LogP contribution is -2.46. The molecule has 2 atom stereocenters. The summed E-state index contributed by atoms with van der Waals surface area (Å²) in [4.78, 5) is 24.0. The van der Waals surface area contributed by atoms with Crippen molar-refractivity contribution < 1.29 is 24.5 Å². The zero-order valence-electron chi connectivity index (χ0n) is 11.9. The molecule has 1 aliphatic heterocycles. The molecule has 1 rings (SSSR count). The number of aliphatic hydroxyl groups excluding tert-OH is 1. The molecule has 1 aliphatic rings. The van der Waals surface area contributed by atoms with Crippen molar-refractivity contribution in [1.29, 1.82) is 0 Å². The minimum Gasteiger partial charge on any atom is -0.480 e. The average molecular weight is 288 g/mol. The van der Waals surface area contributed by atoms with Crippen LogP contribution in [0.4, 0.5) is 4.79 Å². The van der Waals surface area contributed by atoms with Crippen molar-refractivity contribution in [3.8, 4) is 0 Å². The molecular formula is C13H24N2O5. The number of unbranched alkanes of at least 4 members (excludes halogenated alkanes) is 1. The molecule has 0 radical (unpaired) electrons. The van der Waals surface area contributed by atoms with Crippen molar-refractivity contribution in [1.82, 2.24) is 10.2 Å². The second-order valence-corrected chi connectivity index (χ2v) is 4.95. The molecule has 0 aromatic rings. The highest BCUT2D eigenvalue weighted by molar-refractivity contribution is 5.83. The van der Waals surface area contributed by atoms with Crippen LogP contribution in [-0.4, -0.2) is 65.6 Å².